The van der Waals surface area contributed by atoms with Crippen molar-refractivity contribution in [2.75, 3.05) is 0 Å². The van der Waals surface area contributed by atoms with E-state index in [2.05, 4.69) is 4.37 Å². The van der Waals surface area contributed by atoms with E-state index >= 15 is 0 Å². The van der Waals surface area contributed by atoms with Gasteiger partial charge in [0.25, 0.3) is 5.91 Å². The number of carbonyl (C=O) groups is 2. The van der Waals surface area contributed by atoms with E-state index < -0.39 is 11.9 Å². The van der Waals surface area contributed by atoms with Crippen molar-refractivity contribution in [2.24, 2.45) is 5.73 Å². The lowest BCUT2D eigenvalue weighted by Crippen LogP contribution is -2.34. The third-order valence-corrected chi connectivity index (χ3v) is 1.97. The van der Waals surface area contributed by atoms with Crippen molar-refractivity contribution >= 4 is 23.5 Å². The molecule has 1 aromatic heterocycles. The minimum atomic E-state index is -0.856. The minimum Gasteiger partial charge on any atom is -0.351 e. The number of nitrogens with two attached hydrogens (primary N) is 1. The lowest BCUT2D eigenvalue weighted by molar-refractivity contribution is 0.0970. The molecule has 1 aromatic rings. The van der Waals surface area contributed by atoms with Crippen LogP contribution in [0.25, 0.3) is 0 Å². The summed E-state index contributed by atoms with van der Waals surface area (Å²) in [5.74, 6) is -0.506. The van der Waals surface area contributed by atoms with E-state index in [0.29, 0.717) is 4.88 Å². The van der Waals surface area contributed by atoms with Gasteiger partial charge in [0.2, 0.25) is 0 Å². The van der Waals surface area contributed by atoms with E-state index in [9.17, 15) is 9.59 Å². The molecule has 0 aliphatic heterocycles. The number of nitrogens with one attached hydrogen (secondary N) is 1. The molecule has 3 N–H and O–H groups in total. The number of carbonyl (C=O) groups excluding carboxylic acids is 2. The molecule has 12 heavy (non-hydrogen) atoms. The van der Waals surface area contributed by atoms with Crippen molar-refractivity contribution in [2.45, 2.75) is 6.92 Å². The van der Waals surface area contributed by atoms with E-state index in [1.165, 1.54) is 0 Å². The molecule has 1 heterocycles. The largest absolute Gasteiger partial charge is 0.351 e. The van der Waals surface area contributed by atoms with Crippen LogP contribution in [0.2, 0.25) is 0 Å². The molecule has 0 aromatic carbocycles. The Kier molecular flexibility index (Phi) is 2.39. The number of rotatable bonds is 1. The summed E-state index contributed by atoms with van der Waals surface area (Å²) >= 11 is 1.03. The maximum Gasteiger partial charge on any atom is 0.319 e. The molecule has 0 radical (unpaired) electrons. The number of nitrogens with zero attached hydrogens (tertiary/aromatic N) is 1. The lowest BCUT2D eigenvalue weighted by Gasteiger charge is -1.94. The predicted molar refractivity (Wildman–Crippen MR) is 43.9 cm³/mol. The van der Waals surface area contributed by atoms with E-state index in [-0.39, 0.29) is 0 Å². The Morgan fingerprint density at radius 3 is 2.75 bits per heavy atom. The molecule has 0 unspecified atom stereocenters. The molecule has 1 rings (SSSR count). The Labute approximate surface area is 72.7 Å². The Morgan fingerprint density at radius 1 is 1.67 bits per heavy atom. The standard InChI is InChI=1S/C6H7N3O2S/c1-3-2-4(12-9-3)5(10)8-6(7)11/h2H,1H3,(H3,7,8,10,11). The van der Waals surface area contributed by atoms with Crippen LogP contribution in [0, 0.1) is 6.92 Å². The second-order valence-corrected chi connectivity index (χ2v) is 2.96. The molecule has 0 bridgehead atoms. The monoisotopic (exact) mass is 185 g/mol. The molecule has 0 aliphatic rings. The zero-order chi connectivity index (χ0) is 9.14. The van der Waals surface area contributed by atoms with Crippen molar-refractivity contribution in [3.05, 3.63) is 16.6 Å². The van der Waals surface area contributed by atoms with Crippen molar-refractivity contribution < 1.29 is 9.59 Å². The molecule has 0 atom stereocenters. The third-order valence-electron chi connectivity index (χ3n) is 1.09. The van der Waals surface area contributed by atoms with Crippen LogP contribution in [-0.4, -0.2) is 16.3 Å². The van der Waals surface area contributed by atoms with Gasteiger partial charge in [0.05, 0.1) is 5.69 Å². The van der Waals surface area contributed by atoms with Crippen LogP contribution in [0.5, 0.6) is 0 Å². The first-order valence-corrected chi connectivity index (χ1v) is 3.91. The smallest absolute Gasteiger partial charge is 0.319 e. The summed E-state index contributed by atoms with van der Waals surface area (Å²) in [4.78, 5) is 21.7. The third kappa shape index (κ3) is 2.03. The van der Waals surface area contributed by atoms with Gasteiger partial charge in [-0.1, -0.05) is 0 Å². The van der Waals surface area contributed by atoms with Gasteiger partial charge in [0.15, 0.2) is 0 Å². The topological polar surface area (TPSA) is 85.1 Å². The Balaban J connectivity index is 2.72. The first kappa shape index (κ1) is 8.66. The highest BCUT2D eigenvalue weighted by Crippen LogP contribution is 2.07. The van der Waals surface area contributed by atoms with Crippen LogP contribution in [-0.2, 0) is 0 Å². The van der Waals surface area contributed by atoms with Crippen molar-refractivity contribution in [3.63, 3.8) is 0 Å². The fraction of sp³-hybridized carbons (Fsp3) is 0.167. The van der Waals surface area contributed by atoms with Gasteiger partial charge in [-0.05, 0) is 24.5 Å². The summed E-state index contributed by atoms with van der Waals surface area (Å²) in [6.45, 7) is 1.76. The fourth-order valence-electron chi connectivity index (χ4n) is 0.644. The number of amides is 3. The number of hydrogen-bond acceptors (Lipinski definition) is 4. The molecule has 0 saturated heterocycles. The molecule has 0 spiro atoms. The number of aromatic nitrogens is 1. The maximum atomic E-state index is 11.0. The van der Waals surface area contributed by atoms with Crippen LogP contribution in [0.1, 0.15) is 15.4 Å². The average Bonchev–Trinajstić information content (AvgIpc) is 2.34. The fourth-order valence-corrected chi connectivity index (χ4v) is 1.30. The quantitative estimate of drug-likeness (QED) is 0.658. The van der Waals surface area contributed by atoms with Crippen LogP contribution in [0.4, 0.5) is 4.79 Å². The van der Waals surface area contributed by atoms with Crippen LogP contribution >= 0.6 is 11.5 Å². The highest BCUT2D eigenvalue weighted by atomic mass is 32.1. The lowest BCUT2D eigenvalue weighted by atomic mass is 10.4. The van der Waals surface area contributed by atoms with Crippen molar-refractivity contribution in [3.8, 4) is 0 Å². The zero-order valence-corrected chi connectivity index (χ0v) is 7.14. The summed E-state index contributed by atoms with van der Waals surface area (Å²) in [7, 11) is 0. The van der Waals surface area contributed by atoms with Gasteiger partial charge in [0.1, 0.15) is 4.88 Å². The highest BCUT2D eigenvalue weighted by Gasteiger charge is 2.09. The normalized spacial score (nSPS) is 9.42. The Morgan fingerprint density at radius 2 is 2.33 bits per heavy atom. The first-order valence-electron chi connectivity index (χ1n) is 3.13. The van der Waals surface area contributed by atoms with Crippen LogP contribution in [0.15, 0.2) is 6.07 Å². The molecule has 5 nitrogen and oxygen atoms in total. The summed E-state index contributed by atoms with van der Waals surface area (Å²) in [6.07, 6.45) is 0. The van der Waals surface area contributed by atoms with Gasteiger partial charge >= 0.3 is 6.03 Å². The molecular formula is C6H7N3O2S. The molecule has 3 amide bonds. The molecule has 6 heteroatoms. The van der Waals surface area contributed by atoms with Crippen molar-refractivity contribution in [1.82, 2.24) is 9.69 Å². The van der Waals surface area contributed by atoms with E-state index in [1.807, 2.05) is 5.32 Å². The molecule has 64 valence electrons. The molecule has 0 saturated carbocycles. The first-order chi connectivity index (χ1) is 5.59. The zero-order valence-electron chi connectivity index (χ0n) is 6.33. The Hall–Kier alpha value is -1.43. The Bertz CT molecular complexity index is 320. The number of hydrogen-bond donors (Lipinski definition) is 2. The van der Waals surface area contributed by atoms with Crippen LogP contribution < -0.4 is 11.1 Å². The maximum absolute atomic E-state index is 11.0. The SMILES string of the molecule is Cc1cc(C(=O)NC(N)=O)sn1. The molecule has 0 aliphatic carbocycles. The van der Waals surface area contributed by atoms with E-state index in [0.717, 1.165) is 17.2 Å². The summed E-state index contributed by atoms with van der Waals surface area (Å²) in [5.41, 5.74) is 5.50. The van der Waals surface area contributed by atoms with E-state index in [1.54, 1.807) is 13.0 Å². The highest BCUT2D eigenvalue weighted by molar-refractivity contribution is 7.08. The van der Waals surface area contributed by atoms with Gasteiger partial charge in [-0.15, -0.1) is 0 Å². The summed E-state index contributed by atoms with van der Waals surface area (Å²) < 4.78 is 3.87. The van der Waals surface area contributed by atoms with Crippen molar-refractivity contribution in [1.29, 1.82) is 0 Å². The summed E-state index contributed by atoms with van der Waals surface area (Å²) in [6, 6.07) is 0.731. The van der Waals surface area contributed by atoms with Gasteiger partial charge in [-0.2, -0.15) is 4.37 Å². The van der Waals surface area contributed by atoms with Crippen LogP contribution in [0.3, 0.4) is 0 Å². The summed E-state index contributed by atoms with van der Waals surface area (Å²) in [5, 5.41) is 1.94. The molecular weight excluding hydrogens is 178 g/mol. The second-order valence-electron chi connectivity index (χ2n) is 2.15. The minimum absolute atomic E-state index is 0.381. The number of primary amides is 1. The van der Waals surface area contributed by atoms with E-state index in [4.69, 9.17) is 5.73 Å². The van der Waals surface area contributed by atoms with Gasteiger partial charge in [-0.3, -0.25) is 10.1 Å². The van der Waals surface area contributed by atoms with Gasteiger partial charge in [0, 0.05) is 0 Å². The second kappa shape index (κ2) is 3.31. The number of urea groups is 1. The van der Waals surface area contributed by atoms with Gasteiger partial charge in [-0.25, -0.2) is 4.79 Å². The predicted octanol–water partition coefficient (Wildman–Crippen LogP) is 0.260. The molecule has 0 fully saturated rings. The number of aryl methyl sites for hydroxylation is 1. The number of imide groups is 1. The van der Waals surface area contributed by atoms with Gasteiger partial charge < -0.3 is 5.73 Å². The average molecular weight is 185 g/mol.